The Morgan fingerprint density at radius 1 is 1.33 bits per heavy atom. The molecule has 0 amide bonds. The molecule has 1 saturated carbocycles. The third kappa shape index (κ3) is 3.43. The van der Waals surface area contributed by atoms with Crippen molar-refractivity contribution in [1.29, 1.82) is 0 Å². The number of nitrogens with zero attached hydrogens (tertiary/aromatic N) is 3. The van der Waals surface area contributed by atoms with Gasteiger partial charge in [-0.05, 0) is 25.2 Å². The standard InChI is InChI=1S/C15H21N3O3/c19-15(20)12-5-6-18(9-12)13-7-16-8-14(17-13)21-10-11-3-1-2-4-11/h7-8,11-12H,1-6,9-10H2,(H,19,20). The number of ether oxygens (including phenoxy) is 1. The highest BCUT2D eigenvalue weighted by Crippen LogP contribution is 2.26. The van der Waals surface area contributed by atoms with Gasteiger partial charge in [0.05, 0.1) is 24.9 Å². The second kappa shape index (κ2) is 6.28. The minimum absolute atomic E-state index is 0.310. The number of carboxylic acids is 1. The van der Waals surface area contributed by atoms with Crippen LogP contribution in [0.1, 0.15) is 32.1 Å². The average Bonchev–Trinajstić information content (AvgIpc) is 3.17. The SMILES string of the molecule is O=C(O)C1CCN(c2cncc(OCC3CCCC3)n2)C1. The lowest BCUT2D eigenvalue weighted by molar-refractivity contribution is -0.140. The number of carboxylic acid groups (broad SMARTS) is 1. The van der Waals surface area contributed by atoms with Crippen LogP contribution in [0.5, 0.6) is 5.88 Å². The molecule has 0 bridgehead atoms. The molecular formula is C15H21N3O3. The number of rotatable bonds is 5. The van der Waals surface area contributed by atoms with Gasteiger partial charge in [-0.1, -0.05) is 12.8 Å². The van der Waals surface area contributed by atoms with Crippen molar-refractivity contribution in [1.82, 2.24) is 9.97 Å². The summed E-state index contributed by atoms with van der Waals surface area (Å²) >= 11 is 0. The quantitative estimate of drug-likeness (QED) is 0.893. The Labute approximate surface area is 124 Å². The van der Waals surface area contributed by atoms with Crippen molar-refractivity contribution in [2.75, 3.05) is 24.6 Å². The van der Waals surface area contributed by atoms with E-state index in [1.54, 1.807) is 12.4 Å². The van der Waals surface area contributed by atoms with Gasteiger partial charge in [0.15, 0.2) is 5.82 Å². The Balaban J connectivity index is 1.59. The van der Waals surface area contributed by atoms with Gasteiger partial charge in [-0.25, -0.2) is 0 Å². The molecule has 3 rings (SSSR count). The van der Waals surface area contributed by atoms with Gasteiger partial charge in [0.2, 0.25) is 5.88 Å². The second-order valence-corrected chi connectivity index (χ2v) is 5.95. The van der Waals surface area contributed by atoms with Gasteiger partial charge in [0.1, 0.15) is 0 Å². The van der Waals surface area contributed by atoms with E-state index in [2.05, 4.69) is 9.97 Å². The molecule has 1 saturated heterocycles. The monoisotopic (exact) mass is 291 g/mol. The predicted molar refractivity (Wildman–Crippen MR) is 77.4 cm³/mol. The van der Waals surface area contributed by atoms with Crippen molar-refractivity contribution in [2.45, 2.75) is 32.1 Å². The third-order valence-electron chi connectivity index (χ3n) is 4.40. The number of aromatic nitrogens is 2. The maximum absolute atomic E-state index is 11.0. The van der Waals surface area contributed by atoms with E-state index in [4.69, 9.17) is 9.84 Å². The molecular weight excluding hydrogens is 270 g/mol. The highest BCUT2D eigenvalue weighted by molar-refractivity contribution is 5.71. The highest BCUT2D eigenvalue weighted by Gasteiger charge is 2.29. The lowest BCUT2D eigenvalue weighted by atomic mass is 10.1. The van der Waals surface area contributed by atoms with E-state index in [1.807, 2.05) is 4.90 Å². The molecule has 0 aromatic carbocycles. The molecule has 1 aromatic rings. The van der Waals surface area contributed by atoms with Crippen molar-refractivity contribution in [3.8, 4) is 5.88 Å². The third-order valence-corrected chi connectivity index (χ3v) is 4.40. The zero-order chi connectivity index (χ0) is 14.7. The fourth-order valence-corrected chi connectivity index (χ4v) is 3.11. The van der Waals surface area contributed by atoms with Crippen molar-refractivity contribution < 1.29 is 14.6 Å². The van der Waals surface area contributed by atoms with Gasteiger partial charge in [0, 0.05) is 13.1 Å². The van der Waals surface area contributed by atoms with Crippen LogP contribution in [0.3, 0.4) is 0 Å². The van der Waals surface area contributed by atoms with Gasteiger partial charge in [-0.2, -0.15) is 4.98 Å². The topological polar surface area (TPSA) is 75.5 Å². The Morgan fingerprint density at radius 3 is 2.86 bits per heavy atom. The van der Waals surface area contributed by atoms with E-state index in [1.165, 1.54) is 25.7 Å². The zero-order valence-electron chi connectivity index (χ0n) is 12.1. The molecule has 2 heterocycles. The summed E-state index contributed by atoms with van der Waals surface area (Å²) in [5.74, 6) is 0.841. The maximum atomic E-state index is 11.0. The van der Waals surface area contributed by atoms with Crippen molar-refractivity contribution >= 4 is 11.8 Å². The van der Waals surface area contributed by atoms with Crippen LogP contribution < -0.4 is 9.64 Å². The summed E-state index contributed by atoms with van der Waals surface area (Å²) < 4.78 is 5.75. The minimum atomic E-state index is -0.737. The Bertz CT molecular complexity index is 503. The normalized spacial score (nSPS) is 22.7. The molecule has 2 fully saturated rings. The molecule has 2 aliphatic rings. The summed E-state index contributed by atoms with van der Waals surface area (Å²) in [6, 6.07) is 0. The maximum Gasteiger partial charge on any atom is 0.308 e. The van der Waals surface area contributed by atoms with Crippen LogP contribution in [0.2, 0.25) is 0 Å². The fourth-order valence-electron chi connectivity index (χ4n) is 3.11. The highest BCUT2D eigenvalue weighted by atomic mass is 16.5. The van der Waals surface area contributed by atoms with Crippen LogP contribution in [0.25, 0.3) is 0 Å². The zero-order valence-corrected chi connectivity index (χ0v) is 12.1. The summed E-state index contributed by atoms with van der Waals surface area (Å²) in [6.45, 7) is 1.91. The molecule has 0 spiro atoms. The average molecular weight is 291 g/mol. The molecule has 1 unspecified atom stereocenters. The van der Waals surface area contributed by atoms with Crippen molar-refractivity contribution in [3.63, 3.8) is 0 Å². The first kappa shape index (κ1) is 14.1. The lowest BCUT2D eigenvalue weighted by Crippen LogP contribution is -2.23. The first-order valence-electron chi connectivity index (χ1n) is 7.65. The molecule has 21 heavy (non-hydrogen) atoms. The molecule has 1 aromatic heterocycles. The van der Waals surface area contributed by atoms with Gasteiger partial charge < -0.3 is 14.7 Å². The van der Waals surface area contributed by atoms with Gasteiger partial charge in [-0.15, -0.1) is 0 Å². The second-order valence-electron chi connectivity index (χ2n) is 5.95. The van der Waals surface area contributed by atoms with E-state index in [-0.39, 0.29) is 5.92 Å². The van der Waals surface area contributed by atoms with Crippen LogP contribution in [-0.2, 0) is 4.79 Å². The molecule has 0 radical (unpaired) electrons. The number of carbonyl (C=O) groups is 1. The Kier molecular flexibility index (Phi) is 4.22. The van der Waals surface area contributed by atoms with Crippen LogP contribution in [0, 0.1) is 11.8 Å². The van der Waals surface area contributed by atoms with Crippen molar-refractivity contribution in [2.24, 2.45) is 11.8 Å². The van der Waals surface area contributed by atoms with Crippen LogP contribution >= 0.6 is 0 Å². The molecule has 6 heteroatoms. The number of aliphatic carboxylic acids is 1. The predicted octanol–water partition coefficient (Wildman–Crippen LogP) is 1.96. The minimum Gasteiger partial charge on any atom is -0.481 e. The summed E-state index contributed by atoms with van der Waals surface area (Å²) in [7, 11) is 0. The molecule has 1 atom stereocenters. The summed E-state index contributed by atoms with van der Waals surface area (Å²) in [6.07, 6.45) is 9.02. The van der Waals surface area contributed by atoms with E-state index >= 15 is 0 Å². The van der Waals surface area contributed by atoms with E-state index in [9.17, 15) is 4.79 Å². The van der Waals surface area contributed by atoms with Crippen LogP contribution in [-0.4, -0.2) is 40.7 Å². The Morgan fingerprint density at radius 2 is 2.14 bits per heavy atom. The van der Waals surface area contributed by atoms with E-state index in [0.29, 0.717) is 43.7 Å². The first-order chi connectivity index (χ1) is 10.2. The number of anilines is 1. The molecule has 1 aliphatic heterocycles. The van der Waals surface area contributed by atoms with Gasteiger partial charge in [0.25, 0.3) is 0 Å². The van der Waals surface area contributed by atoms with Gasteiger partial charge >= 0.3 is 5.97 Å². The van der Waals surface area contributed by atoms with E-state index in [0.717, 1.165) is 0 Å². The van der Waals surface area contributed by atoms with Gasteiger partial charge in [-0.3, -0.25) is 9.78 Å². The summed E-state index contributed by atoms with van der Waals surface area (Å²) in [5.41, 5.74) is 0. The molecule has 6 nitrogen and oxygen atoms in total. The Hall–Kier alpha value is -1.85. The summed E-state index contributed by atoms with van der Waals surface area (Å²) in [5, 5.41) is 9.05. The smallest absolute Gasteiger partial charge is 0.308 e. The molecule has 114 valence electrons. The largest absolute Gasteiger partial charge is 0.481 e. The molecule has 1 N–H and O–H groups in total. The lowest BCUT2D eigenvalue weighted by Gasteiger charge is -2.17. The number of hydrogen-bond acceptors (Lipinski definition) is 5. The van der Waals surface area contributed by atoms with Crippen LogP contribution in [0.15, 0.2) is 12.4 Å². The fraction of sp³-hybridized carbons (Fsp3) is 0.667. The summed E-state index contributed by atoms with van der Waals surface area (Å²) in [4.78, 5) is 21.6. The van der Waals surface area contributed by atoms with E-state index < -0.39 is 5.97 Å². The van der Waals surface area contributed by atoms with Crippen LogP contribution in [0.4, 0.5) is 5.82 Å². The number of hydrogen-bond donors (Lipinski definition) is 1. The molecule has 1 aliphatic carbocycles. The first-order valence-corrected chi connectivity index (χ1v) is 7.65. The van der Waals surface area contributed by atoms with Crippen molar-refractivity contribution in [3.05, 3.63) is 12.4 Å².